The second kappa shape index (κ2) is 11.2. The van der Waals surface area contributed by atoms with Gasteiger partial charge in [0.25, 0.3) is 0 Å². The highest BCUT2D eigenvalue weighted by molar-refractivity contribution is 5.74. The zero-order valence-corrected chi connectivity index (χ0v) is 19.3. The molecule has 0 aromatic carbocycles. The first kappa shape index (κ1) is 30.4. The zero-order chi connectivity index (χ0) is 28.9. The number of hydrogen-bond donors (Lipinski definition) is 11. The van der Waals surface area contributed by atoms with E-state index in [0.29, 0.717) is 0 Å². The number of carboxylic acid groups (broad SMARTS) is 3. The van der Waals surface area contributed by atoms with Gasteiger partial charge in [-0.25, -0.2) is 14.4 Å². The highest BCUT2D eigenvalue weighted by atomic mass is 16.8. The molecule has 38 heavy (non-hydrogen) atoms. The number of carbonyl (C=O) groups is 3. The predicted molar refractivity (Wildman–Crippen MR) is 108 cm³/mol. The van der Waals surface area contributed by atoms with Crippen LogP contribution in [-0.4, -0.2) is 166 Å². The molecular formula is C19H28O19. The molecule has 15 atom stereocenters. The molecule has 0 spiro atoms. The van der Waals surface area contributed by atoms with E-state index in [1.54, 1.807) is 0 Å². The smallest absolute Gasteiger partial charge is 0.335 e. The summed E-state index contributed by atoms with van der Waals surface area (Å²) in [6.07, 6.45) is -30.6. The number of aliphatic carboxylic acids is 3. The molecule has 19 nitrogen and oxygen atoms in total. The molecule has 0 aliphatic carbocycles. The second-order valence-corrected chi connectivity index (χ2v) is 9.10. The highest BCUT2D eigenvalue weighted by Crippen LogP contribution is 2.35. The van der Waals surface area contributed by atoms with Gasteiger partial charge in [-0.05, 0) is 6.92 Å². The van der Waals surface area contributed by atoms with Crippen molar-refractivity contribution in [3.63, 3.8) is 0 Å². The maximum absolute atomic E-state index is 11.9. The first-order valence-electron chi connectivity index (χ1n) is 10.9. The van der Waals surface area contributed by atoms with Crippen molar-refractivity contribution in [3.05, 3.63) is 0 Å². The van der Waals surface area contributed by atoms with Crippen molar-refractivity contribution in [1.29, 1.82) is 0 Å². The van der Waals surface area contributed by atoms with E-state index >= 15 is 0 Å². The summed E-state index contributed by atoms with van der Waals surface area (Å²) in [6.45, 7) is 0.860. The number of ether oxygens (including phenoxy) is 5. The molecule has 3 fully saturated rings. The Morgan fingerprint density at radius 1 is 0.605 bits per heavy atom. The van der Waals surface area contributed by atoms with Crippen LogP contribution in [-0.2, 0) is 38.1 Å². The Balaban J connectivity index is 1.83. The van der Waals surface area contributed by atoms with Gasteiger partial charge in [-0.3, -0.25) is 0 Å². The molecule has 11 N–H and O–H groups in total. The standard InChI is InChI=1S/C19H28O19/c1-19(33)12(25)9(11(15(30)31)38-18(19)32)36-17-6(24)4(22)7(10(37-17)14(28)29)34-16-5(23)2(20)3(21)8(35-16)13(26)27/h2-12,16-18,20-25,32-33H,1H3,(H,26,27)(H,28,29)(H,30,31)/t2-,3+,4+,5+,6+,7+,8-,9-,10-,11-,12-,16-,17-,18-,19+/m0/s1. The van der Waals surface area contributed by atoms with Crippen LogP contribution in [0.4, 0.5) is 0 Å². The van der Waals surface area contributed by atoms with Crippen LogP contribution in [0.15, 0.2) is 0 Å². The summed E-state index contributed by atoms with van der Waals surface area (Å²) in [4.78, 5) is 34.7. The Labute approximate surface area is 211 Å². The molecule has 3 heterocycles. The fraction of sp³-hybridized carbons (Fsp3) is 0.842. The number of hydrogen-bond acceptors (Lipinski definition) is 16. The Kier molecular flexibility index (Phi) is 8.95. The molecule has 3 aliphatic rings. The molecule has 0 unspecified atom stereocenters. The van der Waals surface area contributed by atoms with E-state index in [2.05, 4.69) is 0 Å². The highest BCUT2D eigenvalue weighted by Gasteiger charge is 2.58. The summed E-state index contributed by atoms with van der Waals surface area (Å²) in [5.41, 5.74) is -2.51. The zero-order valence-electron chi connectivity index (χ0n) is 19.3. The van der Waals surface area contributed by atoms with Crippen molar-refractivity contribution >= 4 is 17.9 Å². The molecule has 0 aromatic rings. The van der Waals surface area contributed by atoms with Gasteiger partial charge in [0.2, 0.25) is 0 Å². The predicted octanol–water partition coefficient (Wildman–Crippen LogP) is -6.91. The average Bonchev–Trinajstić information content (AvgIpc) is 2.83. The van der Waals surface area contributed by atoms with Gasteiger partial charge in [-0.15, -0.1) is 0 Å². The molecule has 0 bridgehead atoms. The van der Waals surface area contributed by atoms with Crippen LogP contribution in [0.1, 0.15) is 6.92 Å². The Hall–Kier alpha value is -2.11. The molecule has 0 aromatic heterocycles. The Morgan fingerprint density at radius 3 is 1.53 bits per heavy atom. The topological polar surface area (TPSA) is 320 Å². The summed E-state index contributed by atoms with van der Waals surface area (Å²) < 4.78 is 25.1. The van der Waals surface area contributed by atoms with Crippen LogP contribution < -0.4 is 0 Å². The minimum absolute atomic E-state index is 0.860. The molecule has 218 valence electrons. The molecule has 0 saturated carbocycles. The number of rotatable bonds is 7. The van der Waals surface area contributed by atoms with Gasteiger partial charge < -0.3 is 79.9 Å². The van der Waals surface area contributed by atoms with Crippen molar-refractivity contribution in [1.82, 2.24) is 0 Å². The number of aliphatic hydroxyl groups excluding tert-OH is 7. The molecule has 3 rings (SSSR count). The maximum atomic E-state index is 11.9. The van der Waals surface area contributed by atoms with E-state index in [0.717, 1.165) is 6.92 Å². The second-order valence-electron chi connectivity index (χ2n) is 9.10. The Morgan fingerprint density at radius 2 is 1.03 bits per heavy atom. The molecule has 0 amide bonds. The molecule has 0 radical (unpaired) electrons. The third kappa shape index (κ3) is 5.47. The van der Waals surface area contributed by atoms with Gasteiger partial charge >= 0.3 is 17.9 Å². The summed E-state index contributed by atoms with van der Waals surface area (Å²) >= 11 is 0. The fourth-order valence-corrected chi connectivity index (χ4v) is 4.12. The van der Waals surface area contributed by atoms with Crippen LogP contribution in [0, 0.1) is 0 Å². The lowest BCUT2D eigenvalue weighted by molar-refractivity contribution is -0.376. The van der Waals surface area contributed by atoms with E-state index in [9.17, 15) is 65.4 Å². The van der Waals surface area contributed by atoms with Crippen molar-refractivity contribution in [3.8, 4) is 0 Å². The molecule has 19 heteroatoms. The molecular weight excluding hydrogens is 532 g/mol. The van der Waals surface area contributed by atoms with Crippen molar-refractivity contribution in [2.75, 3.05) is 0 Å². The lowest BCUT2D eigenvalue weighted by Gasteiger charge is -2.48. The monoisotopic (exact) mass is 560 g/mol. The molecule has 3 saturated heterocycles. The van der Waals surface area contributed by atoms with Gasteiger partial charge in [0.05, 0.1) is 0 Å². The normalized spacial score (nSPS) is 49.8. The van der Waals surface area contributed by atoms with Crippen LogP contribution in [0.5, 0.6) is 0 Å². The molecule has 3 aliphatic heterocycles. The van der Waals surface area contributed by atoms with E-state index < -0.39 is 110 Å². The van der Waals surface area contributed by atoms with E-state index in [-0.39, 0.29) is 0 Å². The van der Waals surface area contributed by atoms with Crippen molar-refractivity contribution in [2.24, 2.45) is 0 Å². The van der Waals surface area contributed by atoms with Crippen LogP contribution in [0.25, 0.3) is 0 Å². The van der Waals surface area contributed by atoms with Gasteiger partial charge in [-0.2, -0.15) is 0 Å². The van der Waals surface area contributed by atoms with Crippen LogP contribution in [0.3, 0.4) is 0 Å². The minimum Gasteiger partial charge on any atom is -0.479 e. The van der Waals surface area contributed by atoms with Gasteiger partial charge in [-0.1, -0.05) is 0 Å². The summed E-state index contributed by atoms with van der Waals surface area (Å²) in [6, 6.07) is 0. The van der Waals surface area contributed by atoms with Crippen molar-refractivity contribution in [2.45, 2.75) is 98.5 Å². The van der Waals surface area contributed by atoms with Crippen LogP contribution >= 0.6 is 0 Å². The number of carboxylic acids is 3. The third-order valence-electron chi connectivity index (χ3n) is 6.41. The summed E-state index contributed by atoms with van der Waals surface area (Å²) in [7, 11) is 0. The van der Waals surface area contributed by atoms with Crippen LogP contribution in [0.2, 0.25) is 0 Å². The first-order valence-corrected chi connectivity index (χ1v) is 10.9. The summed E-state index contributed by atoms with van der Waals surface area (Å²) in [5, 5.41) is 109. The fourth-order valence-electron chi connectivity index (χ4n) is 4.12. The third-order valence-corrected chi connectivity index (χ3v) is 6.41. The maximum Gasteiger partial charge on any atom is 0.335 e. The summed E-state index contributed by atoms with van der Waals surface area (Å²) in [5.74, 6) is -5.47. The van der Waals surface area contributed by atoms with E-state index in [1.165, 1.54) is 0 Å². The lowest BCUT2D eigenvalue weighted by Crippen LogP contribution is -2.69. The minimum atomic E-state index is -2.51. The van der Waals surface area contributed by atoms with E-state index in [4.69, 9.17) is 28.8 Å². The first-order chi connectivity index (χ1) is 17.5. The lowest BCUT2D eigenvalue weighted by atomic mass is 9.87. The average molecular weight is 560 g/mol. The van der Waals surface area contributed by atoms with Gasteiger partial charge in [0.1, 0.15) is 54.4 Å². The van der Waals surface area contributed by atoms with E-state index in [1.807, 2.05) is 0 Å². The largest absolute Gasteiger partial charge is 0.479 e. The SMILES string of the molecule is C[C@]1(O)[C@@H](O)O[C@H](C(=O)O)[C@H](O[C@H]2O[C@H](C(=O)O)[C@H](O[C@H]3O[C@H](C(=O)O)[C@H](O)[C@H](O)[C@H]3O)[C@H](O)[C@H]2O)[C@@H]1O. The number of aliphatic hydroxyl groups is 8. The Bertz CT molecular complexity index is 895. The van der Waals surface area contributed by atoms with Gasteiger partial charge in [0, 0.05) is 0 Å². The van der Waals surface area contributed by atoms with Crippen molar-refractivity contribution < 1.29 is 94.2 Å². The van der Waals surface area contributed by atoms with Gasteiger partial charge in [0.15, 0.2) is 37.2 Å². The quantitative estimate of drug-likeness (QED) is 0.138.